The number of benzene rings is 2. The third kappa shape index (κ3) is 6.96. The number of nitrogens with zero attached hydrogens (tertiary/aromatic N) is 1. The largest absolute Gasteiger partial charge is 0.497 e. The van der Waals surface area contributed by atoms with Crippen molar-refractivity contribution in [2.24, 2.45) is 0 Å². The molecule has 0 aliphatic carbocycles. The SMILES string of the molecule is COc1ccc(N2CCC(NC(=O)NC(C)c3ccc(OCC(F)(F)F)cc3)CC2)cc1. The first-order valence-electron chi connectivity index (χ1n) is 10.5. The molecule has 0 spiro atoms. The Labute approximate surface area is 185 Å². The van der Waals surface area contributed by atoms with Crippen LogP contribution in [0.5, 0.6) is 11.5 Å². The third-order valence-electron chi connectivity index (χ3n) is 5.40. The third-order valence-corrected chi connectivity index (χ3v) is 5.40. The maximum Gasteiger partial charge on any atom is 0.422 e. The van der Waals surface area contributed by atoms with Gasteiger partial charge in [0.2, 0.25) is 0 Å². The molecule has 0 radical (unpaired) electrons. The number of hydrogen-bond donors (Lipinski definition) is 2. The molecule has 1 heterocycles. The van der Waals surface area contributed by atoms with Gasteiger partial charge >= 0.3 is 12.2 Å². The second-order valence-corrected chi connectivity index (χ2v) is 7.77. The molecule has 2 N–H and O–H groups in total. The number of halogens is 3. The van der Waals surface area contributed by atoms with E-state index in [2.05, 4.69) is 15.5 Å². The van der Waals surface area contributed by atoms with Gasteiger partial charge in [0, 0.05) is 24.8 Å². The molecule has 0 bridgehead atoms. The molecule has 6 nitrogen and oxygen atoms in total. The van der Waals surface area contributed by atoms with Crippen molar-refractivity contribution >= 4 is 11.7 Å². The number of hydrogen-bond acceptors (Lipinski definition) is 4. The van der Waals surface area contributed by atoms with Crippen LogP contribution in [-0.2, 0) is 0 Å². The van der Waals surface area contributed by atoms with E-state index in [0.717, 1.165) is 42.9 Å². The molecule has 2 amide bonds. The second-order valence-electron chi connectivity index (χ2n) is 7.77. The zero-order valence-corrected chi connectivity index (χ0v) is 18.1. The highest BCUT2D eigenvalue weighted by Crippen LogP contribution is 2.23. The molecule has 32 heavy (non-hydrogen) atoms. The van der Waals surface area contributed by atoms with E-state index in [-0.39, 0.29) is 23.9 Å². The van der Waals surface area contributed by atoms with Gasteiger partial charge in [-0.2, -0.15) is 13.2 Å². The summed E-state index contributed by atoms with van der Waals surface area (Å²) >= 11 is 0. The van der Waals surface area contributed by atoms with Crippen LogP contribution in [0, 0.1) is 0 Å². The van der Waals surface area contributed by atoms with Crippen molar-refractivity contribution in [2.45, 2.75) is 38.0 Å². The van der Waals surface area contributed by atoms with Crippen LogP contribution in [0.2, 0.25) is 0 Å². The van der Waals surface area contributed by atoms with Gasteiger partial charge in [0.25, 0.3) is 0 Å². The van der Waals surface area contributed by atoms with Crippen molar-refractivity contribution in [1.82, 2.24) is 10.6 Å². The van der Waals surface area contributed by atoms with Crippen molar-refractivity contribution in [1.29, 1.82) is 0 Å². The van der Waals surface area contributed by atoms with Crippen molar-refractivity contribution < 1.29 is 27.4 Å². The molecule has 1 atom stereocenters. The standard InChI is InChI=1S/C23H28F3N3O3/c1-16(17-3-7-21(8-4-17)32-15-23(24,25)26)27-22(30)28-18-11-13-29(14-12-18)19-5-9-20(31-2)10-6-19/h3-10,16,18H,11-15H2,1-2H3,(H2,27,28,30). The van der Waals surface area contributed by atoms with Crippen LogP contribution in [0.1, 0.15) is 31.4 Å². The van der Waals surface area contributed by atoms with E-state index in [0.29, 0.717) is 0 Å². The van der Waals surface area contributed by atoms with Gasteiger partial charge in [0.1, 0.15) is 11.5 Å². The van der Waals surface area contributed by atoms with Gasteiger partial charge in [-0.3, -0.25) is 0 Å². The predicted octanol–water partition coefficient (Wildman–Crippen LogP) is 4.67. The summed E-state index contributed by atoms with van der Waals surface area (Å²) < 4.78 is 46.6. The first-order valence-corrected chi connectivity index (χ1v) is 10.5. The van der Waals surface area contributed by atoms with Crippen LogP contribution in [0.4, 0.5) is 23.7 Å². The van der Waals surface area contributed by atoms with Gasteiger partial charge in [-0.05, 0) is 61.7 Å². The fourth-order valence-electron chi connectivity index (χ4n) is 3.60. The maximum atomic E-state index is 12.4. The summed E-state index contributed by atoms with van der Waals surface area (Å²) in [6.45, 7) is 2.16. The number of urea groups is 1. The van der Waals surface area contributed by atoms with Crippen LogP contribution in [0.25, 0.3) is 0 Å². The fraction of sp³-hybridized carbons (Fsp3) is 0.435. The van der Waals surface area contributed by atoms with Crippen molar-refractivity contribution in [3.8, 4) is 11.5 Å². The van der Waals surface area contributed by atoms with E-state index < -0.39 is 12.8 Å². The Hall–Kier alpha value is -3.10. The summed E-state index contributed by atoms with van der Waals surface area (Å²) in [6.07, 6.45) is -2.71. The lowest BCUT2D eigenvalue weighted by Crippen LogP contribution is -2.48. The van der Waals surface area contributed by atoms with Gasteiger partial charge in [-0.1, -0.05) is 12.1 Å². The lowest BCUT2D eigenvalue weighted by molar-refractivity contribution is -0.153. The number of nitrogens with one attached hydrogen (secondary N) is 2. The molecule has 1 saturated heterocycles. The average Bonchev–Trinajstić information content (AvgIpc) is 2.78. The van der Waals surface area contributed by atoms with Gasteiger partial charge in [-0.15, -0.1) is 0 Å². The Kier molecular flexibility index (Phi) is 7.71. The number of anilines is 1. The van der Waals surface area contributed by atoms with Crippen LogP contribution in [0.15, 0.2) is 48.5 Å². The zero-order chi connectivity index (χ0) is 23.1. The van der Waals surface area contributed by atoms with E-state index >= 15 is 0 Å². The van der Waals surface area contributed by atoms with E-state index in [9.17, 15) is 18.0 Å². The molecule has 0 saturated carbocycles. The van der Waals surface area contributed by atoms with E-state index in [1.165, 1.54) is 12.1 Å². The van der Waals surface area contributed by atoms with Crippen LogP contribution in [0.3, 0.4) is 0 Å². The predicted molar refractivity (Wildman–Crippen MR) is 116 cm³/mol. The Morgan fingerprint density at radius 1 is 1.06 bits per heavy atom. The normalized spacial score (nSPS) is 15.7. The molecule has 9 heteroatoms. The highest BCUT2D eigenvalue weighted by atomic mass is 19.4. The van der Waals surface area contributed by atoms with Crippen molar-refractivity contribution in [3.63, 3.8) is 0 Å². The highest BCUT2D eigenvalue weighted by molar-refractivity contribution is 5.74. The Morgan fingerprint density at radius 2 is 1.66 bits per heavy atom. The van der Waals surface area contributed by atoms with Gasteiger partial charge < -0.3 is 25.0 Å². The topological polar surface area (TPSA) is 62.8 Å². The number of alkyl halides is 3. The summed E-state index contributed by atoms with van der Waals surface area (Å²) in [7, 11) is 1.64. The fourth-order valence-corrected chi connectivity index (χ4v) is 3.60. The van der Waals surface area contributed by atoms with Crippen LogP contribution < -0.4 is 25.0 Å². The number of rotatable bonds is 7. The number of methoxy groups -OCH3 is 1. The molecule has 1 aliphatic heterocycles. The molecule has 174 valence electrons. The molecular weight excluding hydrogens is 423 g/mol. The zero-order valence-electron chi connectivity index (χ0n) is 18.1. The molecule has 2 aromatic carbocycles. The summed E-state index contributed by atoms with van der Waals surface area (Å²) in [4.78, 5) is 14.7. The first-order chi connectivity index (χ1) is 15.2. The van der Waals surface area contributed by atoms with Gasteiger partial charge in [-0.25, -0.2) is 4.79 Å². The average molecular weight is 451 g/mol. The van der Waals surface area contributed by atoms with Crippen LogP contribution >= 0.6 is 0 Å². The van der Waals surface area contributed by atoms with Gasteiger partial charge in [0.05, 0.1) is 13.2 Å². The number of piperidine rings is 1. The quantitative estimate of drug-likeness (QED) is 0.643. The minimum atomic E-state index is -4.38. The summed E-state index contributed by atoms with van der Waals surface area (Å²) in [5.74, 6) is 0.950. The molecular formula is C23H28F3N3O3. The van der Waals surface area contributed by atoms with Crippen molar-refractivity contribution in [2.75, 3.05) is 31.7 Å². The number of carbonyl (C=O) groups is 1. The van der Waals surface area contributed by atoms with E-state index in [1.54, 1.807) is 19.2 Å². The lowest BCUT2D eigenvalue weighted by Gasteiger charge is -2.34. The molecule has 1 fully saturated rings. The van der Waals surface area contributed by atoms with Gasteiger partial charge in [0.15, 0.2) is 6.61 Å². The van der Waals surface area contributed by atoms with Crippen molar-refractivity contribution in [3.05, 3.63) is 54.1 Å². The number of carbonyl (C=O) groups excluding carboxylic acids is 1. The number of amides is 2. The van der Waals surface area contributed by atoms with E-state index in [4.69, 9.17) is 9.47 Å². The van der Waals surface area contributed by atoms with E-state index in [1.807, 2.05) is 31.2 Å². The monoisotopic (exact) mass is 451 g/mol. The summed E-state index contributed by atoms with van der Waals surface area (Å²) in [5, 5.41) is 5.89. The highest BCUT2D eigenvalue weighted by Gasteiger charge is 2.28. The Morgan fingerprint density at radius 3 is 2.22 bits per heavy atom. The Bertz CT molecular complexity index is 865. The second kappa shape index (κ2) is 10.5. The Balaban J connectivity index is 1.42. The molecule has 0 aromatic heterocycles. The lowest BCUT2D eigenvalue weighted by atomic mass is 10.0. The first kappa shape index (κ1) is 23.6. The number of ether oxygens (including phenoxy) is 2. The minimum Gasteiger partial charge on any atom is -0.497 e. The molecule has 1 unspecified atom stereocenters. The van der Waals surface area contributed by atoms with Crippen LogP contribution in [-0.4, -0.2) is 45.1 Å². The maximum absolute atomic E-state index is 12.4. The summed E-state index contributed by atoms with van der Waals surface area (Å²) in [5.41, 5.74) is 1.90. The summed E-state index contributed by atoms with van der Waals surface area (Å²) in [6, 6.07) is 13.7. The minimum absolute atomic E-state index is 0.0786. The molecule has 1 aliphatic rings. The molecule has 2 aromatic rings. The molecule has 3 rings (SSSR count). The smallest absolute Gasteiger partial charge is 0.422 e.